The zero-order chi connectivity index (χ0) is 13.5. The van der Waals surface area contributed by atoms with Crippen LogP contribution in [0.2, 0.25) is 0 Å². The summed E-state index contributed by atoms with van der Waals surface area (Å²) in [6.07, 6.45) is 1.05. The normalized spacial score (nSPS) is 20.2. The SMILES string of the molecule is CCOC(=O)C(NCC1CCOC1)c1ccccc1. The number of esters is 1. The molecule has 0 saturated carbocycles. The highest BCUT2D eigenvalue weighted by Crippen LogP contribution is 2.17. The standard InChI is InChI=1S/C15H21NO3/c1-2-19-15(17)14(13-6-4-3-5-7-13)16-10-12-8-9-18-11-12/h3-7,12,14,16H,2,8-11H2,1H3. The maximum Gasteiger partial charge on any atom is 0.327 e. The van der Waals surface area contributed by atoms with Crippen LogP contribution in [-0.2, 0) is 14.3 Å². The lowest BCUT2D eigenvalue weighted by atomic mass is 10.0. The fraction of sp³-hybridized carbons (Fsp3) is 0.533. The van der Waals surface area contributed by atoms with Crippen LogP contribution in [0.1, 0.15) is 24.9 Å². The second-order valence-electron chi connectivity index (χ2n) is 4.73. The highest BCUT2D eigenvalue weighted by Gasteiger charge is 2.24. The molecule has 2 atom stereocenters. The monoisotopic (exact) mass is 263 g/mol. The van der Waals surface area contributed by atoms with Crippen LogP contribution < -0.4 is 5.32 Å². The molecule has 1 aliphatic rings. The summed E-state index contributed by atoms with van der Waals surface area (Å²) < 4.78 is 10.5. The average molecular weight is 263 g/mol. The minimum atomic E-state index is -0.387. The third kappa shape index (κ3) is 4.04. The molecule has 1 N–H and O–H groups in total. The van der Waals surface area contributed by atoms with Gasteiger partial charge in [-0.3, -0.25) is 0 Å². The van der Waals surface area contributed by atoms with Gasteiger partial charge < -0.3 is 14.8 Å². The second-order valence-corrected chi connectivity index (χ2v) is 4.73. The Morgan fingerprint density at radius 3 is 2.89 bits per heavy atom. The topological polar surface area (TPSA) is 47.6 Å². The van der Waals surface area contributed by atoms with Gasteiger partial charge in [0.1, 0.15) is 6.04 Å². The van der Waals surface area contributed by atoms with E-state index in [9.17, 15) is 4.79 Å². The Morgan fingerprint density at radius 2 is 2.26 bits per heavy atom. The molecule has 0 aliphatic carbocycles. The van der Waals surface area contributed by atoms with Gasteiger partial charge in [0.05, 0.1) is 13.2 Å². The van der Waals surface area contributed by atoms with Crippen LogP contribution >= 0.6 is 0 Å². The third-order valence-corrected chi connectivity index (χ3v) is 3.29. The zero-order valence-electron chi connectivity index (χ0n) is 11.3. The fourth-order valence-corrected chi connectivity index (χ4v) is 2.24. The molecule has 0 radical (unpaired) electrons. The van der Waals surface area contributed by atoms with Gasteiger partial charge in [0.2, 0.25) is 0 Å². The van der Waals surface area contributed by atoms with Crippen LogP contribution in [0.5, 0.6) is 0 Å². The van der Waals surface area contributed by atoms with Crippen LogP contribution in [-0.4, -0.2) is 32.3 Å². The summed E-state index contributed by atoms with van der Waals surface area (Å²) in [5.74, 6) is 0.272. The minimum Gasteiger partial charge on any atom is -0.465 e. The van der Waals surface area contributed by atoms with Crippen molar-refractivity contribution in [2.75, 3.05) is 26.4 Å². The first-order valence-corrected chi connectivity index (χ1v) is 6.84. The molecule has 1 saturated heterocycles. The van der Waals surface area contributed by atoms with Gasteiger partial charge in [-0.25, -0.2) is 4.79 Å². The van der Waals surface area contributed by atoms with Gasteiger partial charge >= 0.3 is 5.97 Å². The number of nitrogens with one attached hydrogen (secondary N) is 1. The van der Waals surface area contributed by atoms with Gasteiger partial charge in [0, 0.05) is 13.2 Å². The number of benzene rings is 1. The summed E-state index contributed by atoms with van der Waals surface area (Å²) in [5, 5.41) is 3.31. The summed E-state index contributed by atoms with van der Waals surface area (Å²) in [6.45, 7) is 4.60. The molecule has 4 nitrogen and oxygen atoms in total. The number of hydrogen-bond donors (Lipinski definition) is 1. The van der Waals surface area contributed by atoms with Crippen LogP contribution in [0.4, 0.5) is 0 Å². The van der Waals surface area contributed by atoms with Gasteiger partial charge in [-0.2, -0.15) is 0 Å². The molecule has 2 unspecified atom stereocenters. The Hall–Kier alpha value is -1.39. The van der Waals surface area contributed by atoms with Gasteiger partial charge in [-0.1, -0.05) is 30.3 Å². The number of carbonyl (C=O) groups is 1. The maximum absolute atomic E-state index is 12.0. The van der Waals surface area contributed by atoms with Crippen molar-refractivity contribution in [2.45, 2.75) is 19.4 Å². The van der Waals surface area contributed by atoms with Crippen molar-refractivity contribution in [1.82, 2.24) is 5.32 Å². The third-order valence-electron chi connectivity index (χ3n) is 3.29. The molecular weight excluding hydrogens is 242 g/mol. The van der Waals surface area contributed by atoms with E-state index in [0.717, 1.165) is 31.7 Å². The second kappa shape index (κ2) is 7.26. The van der Waals surface area contributed by atoms with E-state index in [2.05, 4.69) is 5.32 Å². The predicted molar refractivity (Wildman–Crippen MR) is 72.7 cm³/mol. The molecule has 1 heterocycles. The largest absolute Gasteiger partial charge is 0.465 e. The van der Waals surface area contributed by atoms with Crippen LogP contribution in [0.15, 0.2) is 30.3 Å². The summed E-state index contributed by atoms with van der Waals surface area (Å²) in [7, 11) is 0. The Balaban J connectivity index is 1.99. The molecule has 0 spiro atoms. The van der Waals surface area contributed by atoms with E-state index in [-0.39, 0.29) is 12.0 Å². The molecule has 0 aromatic heterocycles. The van der Waals surface area contributed by atoms with Crippen molar-refractivity contribution in [3.05, 3.63) is 35.9 Å². The van der Waals surface area contributed by atoms with Gasteiger partial charge in [0.15, 0.2) is 0 Å². The molecule has 1 aromatic carbocycles. The molecule has 2 rings (SSSR count). The molecule has 0 amide bonds. The molecule has 4 heteroatoms. The number of hydrogen-bond acceptors (Lipinski definition) is 4. The van der Waals surface area contributed by atoms with E-state index < -0.39 is 0 Å². The molecule has 1 fully saturated rings. The highest BCUT2D eigenvalue weighted by atomic mass is 16.5. The molecule has 0 bridgehead atoms. The van der Waals surface area contributed by atoms with E-state index in [1.165, 1.54) is 0 Å². The average Bonchev–Trinajstić information content (AvgIpc) is 2.94. The predicted octanol–water partition coefficient (Wildman–Crippen LogP) is 1.92. The van der Waals surface area contributed by atoms with E-state index in [4.69, 9.17) is 9.47 Å². The summed E-state index contributed by atoms with van der Waals surface area (Å²) in [5.41, 5.74) is 0.944. The van der Waals surface area contributed by atoms with Crippen LogP contribution in [0.25, 0.3) is 0 Å². The summed E-state index contributed by atoms with van der Waals surface area (Å²) >= 11 is 0. The molecule has 1 aliphatic heterocycles. The van der Waals surface area contributed by atoms with Crippen molar-refractivity contribution >= 4 is 5.97 Å². The lowest BCUT2D eigenvalue weighted by molar-refractivity contribution is -0.145. The highest BCUT2D eigenvalue weighted by molar-refractivity contribution is 5.77. The Kier molecular flexibility index (Phi) is 5.36. The Labute approximate surface area is 114 Å². The van der Waals surface area contributed by atoms with Crippen molar-refractivity contribution in [1.29, 1.82) is 0 Å². The zero-order valence-corrected chi connectivity index (χ0v) is 11.3. The Morgan fingerprint density at radius 1 is 1.47 bits per heavy atom. The number of ether oxygens (including phenoxy) is 2. The number of carbonyl (C=O) groups excluding carboxylic acids is 1. The van der Waals surface area contributed by atoms with Crippen molar-refractivity contribution in [2.24, 2.45) is 5.92 Å². The first-order valence-electron chi connectivity index (χ1n) is 6.84. The van der Waals surface area contributed by atoms with Crippen LogP contribution in [0, 0.1) is 5.92 Å². The summed E-state index contributed by atoms with van der Waals surface area (Å²) in [4.78, 5) is 12.0. The van der Waals surface area contributed by atoms with E-state index in [1.807, 2.05) is 37.3 Å². The quantitative estimate of drug-likeness (QED) is 0.797. The van der Waals surface area contributed by atoms with Gasteiger partial charge in [-0.15, -0.1) is 0 Å². The first kappa shape index (κ1) is 14.0. The smallest absolute Gasteiger partial charge is 0.327 e. The van der Waals surface area contributed by atoms with Crippen molar-refractivity contribution < 1.29 is 14.3 Å². The van der Waals surface area contributed by atoms with E-state index >= 15 is 0 Å². The Bertz CT molecular complexity index is 388. The lowest BCUT2D eigenvalue weighted by Crippen LogP contribution is -2.34. The van der Waals surface area contributed by atoms with Gasteiger partial charge in [-0.05, 0) is 24.8 Å². The maximum atomic E-state index is 12.0. The van der Waals surface area contributed by atoms with Crippen molar-refractivity contribution in [3.63, 3.8) is 0 Å². The van der Waals surface area contributed by atoms with Crippen LogP contribution in [0.3, 0.4) is 0 Å². The molecule has 104 valence electrons. The number of rotatable bonds is 6. The fourth-order valence-electron chi connectivity index (χ4n) is 2.24. The lowest BCUT2D eigenvalue weighted by Gasteiger charge is -2.19. The first-order chi connectivity index (χ1) is 9.31. The van der Waals surface area contributed by atoms with E-state index in [0.29, 0.717) is 12.5 Å². The van der Waals surface area contributed by atoms with Gasteiger partial charge in [0.25, 0.3) is 0 Å². The van der Waals surface area contributed by atoms with E-state index in [1.54, 1.807) is 0 Å². The molecule has 1 aromatic rings. The summed E-state index contributed by atoms with van der Waals surface area (Å²) in [6, 6.07) is 9.31. The molecule has 19 heavy (non-hydrogen) atoms. The van der Waals surface area contributed by atoms with Crippen molar-refractivity contribution in [3.8, 4) is 0 Å². The minimum absolute atomic E-state index is 0.215. The molecular formula is C15H21NO3.